The summed E-state index contributed by atoms with van der Waals surface area (Å²) in [5.74, 6) is -2.56. The van der Waals surface area contributed by atoms with Crippen molar-refractivity contribution in [2.24, 2.45) is 0 Å². The monoisotopic (exact) mass is 666 g/mol. The zero-order chi connectivity index (χ0) is 34.5. The summed E-state index contributed by atoms with van der Waals surface area (Å²) in [4.78, 5) is 78.9. The SMILES string of the molecule is CCCOCCNC(=O)c1ccc2c(c1)C(COC(=O)ON1C(=O)CCC1=O)c1cc(NC(=O)CCCC(=O)NCCOCC)ccc1-2. The Morgan fingerprint density at radius 3 is 2.21 bits per heavy atom. The molecule has 2 aliphatic rings. The number of rotatable bonds is 18. The molecule has 0 bridgehead atoms. The van der Waals surface area contributed by atoms with E-state index in [0.29, 0.717) is 67.8 Å². The van der Waals surface area contributed by atoms with Crippen LogP contribution in [-0.2, 0) is 38.2 Å². The standard InChI is InChI=1S/C34H42N4O10/c1-3-16-46-18-15-36-33(43)22-8-10-24-25-11-9-23(37-30(40)7-5-6-29(39)35-14-17-45-4-2)20-27(25)28(26(24)19-22)21-47-34(44)48-38-31(41)12-13-32(38)42/h8-11,19-20,28H,3-7,12-18,21H2,1-2H3,(H,35,39)(H,36,43)(H,37,40). The van der Waals surface area contributed by atoms with Crippen molar-refractivity contribution in [3.8, 4) is 11.1 Å². The number of carbonyl (C=O) groups excluding carboxylic acids is 6. The molecule has 1 heterocycles. The molecule has 0 radical (unpaired) electrons. The van der Waals surface area contributed by atoms with Crippen LogP contribution in [0.15, 0.2) is 36.4 Å². The predicted octanol–water partition coefficient (Wildman–Crippen LogP) is 3.43. The van der Waals surface area contributed by atoms with Crippen molar-refractivity contribution >= 4 is 41.4 Å². The van der Waals surface area contributed by atoms with Gasteiger partial charge in [0.15, 0.2) is 0 Å². The lowest BCUT2D eigenvalue weighted by Gasteiger charge is -2.17. The van der Waals surface area contributed by atoms with Crippen molar-refractivity contribution in [3.05, 3.63) is 53.1 Å². The lowest BCUT2D eigenvalue weighted by atomic mass is 9.96. The highest BCUT2D eigenvalue weighted by Crippen LogP contribution is 2.46. The zero-order valence-corrected chi connectivity index (χ0v) is 27.3. The molecule has 14 nitrogen and oxygen atoms in total. The van der Waals surface area contributed by atoms with Gasteiger partial charge in [-0.3, -0.25) is 28.8 Å². The Balaban J connectivity index is 1.44. The highest BCUT2D eigenvalue weighted by molar-refractivity contribution is 6.01. The predicted molar refractivity (Wildman–Crippen MR) is 173 cm³/mol. The number of ether oxygens (including phenoxy) is 3. The summed E-state index contributed by atoms with van der Waals surface area (Å²) in [6.07, 6.45) is 0.234. The number of hydrogen-bond acceptors (Lipinski definition) is 10. The molecular weight excluding hydrogens is 624 g/mol. The lowest BCUT2D eigenvalue weighted by molar-refractivity contribution is -0.177. The zero-order valence-electron chi connectivity index (χ0n) is 27.3. The van der Waals surface area contributed by atoms with Crippen LogP contribution < -0.4 is 16.0 Å². The first-order valence-electron chi connectivity index (χ1n) is 16.2. The van der Waals surface area contributed by atoms with Gasteiger partial charge in [-0.15, -0.1) is 0 Å². The van der Waals surface area contributed by atoms with Crippen molar-refractivity contribution in [1.29, 1.82) is 0 Å². The van der Waals surface area contributed by atoms with Gasteiger partial charge in [0.05, 0.1) is 13.2 Å². The van der Waals surface area contributed by atoms with Gasteiger partial charge in [-0.05, 0) is 66.3 Å². The number of nitrogens with one attached hydrogen (secondary N) is 3. The van der Waals surface area contributed by atoms with Gasteiger partial charge in [0.1, 0.15) is 6.61 Å². The lowest BCUT2D eigenvalue weighted by Crippen LogP contribution is -2.32. The number of nitrogens with zero attached hydrogens (tertiary/aromatic N) is 1. The van der Waals surface area contributed by atoms with Gasteiger partial charge in [-0.2, -0.15) is 0 Å². The van der Waals surface area contributed by atoms with E-state index >= 15 is 0 Å². The second-order valence-electron chi connectivity index (χ2n) is 11.2. The molecule has 14 heteroatoms. The van der Waals surface area contributed by atoms with Crippen LogP contribution in [0.25, 0.3) is 11.1 Å². The molecule has 2 aromatic carbocycles. The summed E-state index contributed by atoms with van der Waals surface area (Å²) >= 11 is 0. The second-order valence-corrected chi connectivity index (χ2v) is 11.2. The average molecular weight is 667 g/mol. The highest BCUT2D eigenvalue weighted by Gasteiger charge is 2.35. The number of hydroxylamine groups is 2. The van der Waals surface area contributed by atoms with E-state index in [2.05, 4.69) is 16.0 Å². The van der Waals surface area contributed by atoms with Gasteiger partial charge >= 0.3 is 6.16 Å². The van der Waals surface area contributed by atoms with E-state index < -0.39 is 23.9 Å². The number of anilines is 1. The minimum atomic E-state index is -1.22. The summed E-state index contributed by atoms with van der Waals surface area (Å²) < 4.78 is 16.0. The van der Waals surface area contributed by atoms with Gasteiger partial charge in [0.2, 0.25) is 11.8 Å². The van der Waals surface area contributed by atoms with Gasteiger partial charge < -0.3 is 30.2 Å². The number of hydrogen-bond donors (Lipinski definition) is 3. The third-order valence-electron chi connectivity index (χ3n) is 7.69. The molecule has 0 aromatic heterocycles. The average Bonchev–Trinajstić information content (AvgIpc) is 3.55. The summed E-state index contributed by atoms with van der Waals surface area (Å²) in [7, 11) is 0. The van der Waals surface area contributed by atoms with E-state index in [-0.39, 0.29) is 50.0 Å². The first-order chi connectivity index (χ1) is 23.2. The molecule has 5 amide bonds. The fourth-order valence-corrected chi connectivity index (χ4v) is 5.38. The highest BCUT2D eigenvalue weighted by atomic mass is 16.8. The molecule has 3 N–H and O–H groups in total. The molecule has 0 saturated carbocycles. The molecule has 1 aliphatic heterocycles. The third-order valence-corrected chi connectivity index (χ3v) is 7.69. The maximum atomic E-state index is 12.9. The van der Waals surface area contributed by atoms with Crippen LogP contribution in [0.2, 0.25) is 0 Å². The topological polar surface area (TPSA) is 179 Å². The van der Waals surface area contributed by atoms with E-state index in [4.69, 9.17) is 19.0 Å². The summed E-state index contributed by atoms with van der Waals surface area (Å²) in [5, 5.41) is 8.85. The molecule has 2 aromatic rings. The smallest absolute Gasteiger partial charge is 0.432 e. The molecule has 1 aliphatic carbocycles. The van der Waals surface area contributed by atoms with E-state index in [1.54, 1.807) is 24.3 Å². The first-order valence-corrected chi connectivity index (χ1v) is 16.2. The Kier molecular flexibility index (Phi) is 13.4. The number of carbonyl (C=O) groups is 6. The summed E-state index contributed by atoms with van der Waals surface area (Å²) in [5.41, 5.74) is 3.96. The number of amides is 5. The third kappa shape index (κ3) is 9.84. The molecule has 4 rings (SSSR count). The Bertz CT molecular complexity index is 1490. The van der Waals surface area contributed by atoms with Crippen LogP contribution in [0.1, 0.15) is 79.8 Å². The molecule has 1 unspecified atom stereocenters. The molecule has 0 spiro atoms. The van der Waals surface area contributed by atoms with Crippen molar-refractivity contribution in [2.45, 2.75) is 58.3 Å². The van der Waals surface area contributed by atoms with Crippen LogP contribution in [0.3, 0.4) is 0 Å². The van der Waals surface area contributed by atoms with Gasteiger partial charge in [-0.25, -0.2) is 4.79 Å². The minimum Gasteiger partial charge on any atom is -0.432 e. The van der Waals surface area contributed by atoms with Gasteiger partial charge in [0, 0.05) is 69.2 Å². The van der Waals surface area contributed by atoms with Crippen molar-refractivity contribution < 1.29 is 47.8 Å². The molecule has 1 fully saturated rings. The summed E-state index contributed by atoms with van der Waals surface area (Å²) in [6.45, 7) is 6.37. The normalized spacial score (nSPS) is 14.7. The molecule has 48 heavy (non-hydrogen) atoms. The molecular formula is C34H42N4O10. The van der Waals surface area contributed by atoms with E-state index in [9.17, 15) is 28.8 Å². The molecule has 258 valence electrons. The number of benzene rings is 2. The number of fused-ring (bicyclic) bond motifs is 3. The van der Waals surface area contributed by atoms with E-state index in [0.717, 1.165) is 23.1 Å². The largest absolute Gasteiger partial charge is 0.533 e. The number of imide groups is 1. The maximum Gasteiger partial charge on any atom is 0.533 e. The Hall–Kier alpha value is -4.82. The quantitative estimate of drug-likeness (QED) is 0.121. The Morgan fingerprint density at radius 2 is 1.48 bits per heavy atom. The molecule has 1 saturated heterocycles. The fourth-order valence-electron chi connectivity index (χ4n) is 5.38. The Labute approximate surface area is 278 Å². The van der Waals surface area contributed by atoms with Crippen molar-refractivity contribution in [3.63, 3.8) is 0 Å². The molecule has 1 atom stereocenters. The van der Waals surface area contributed by atoms with Gasteiger partial charge in [-0.1, -0.05) is 24.1 Å². The van der Waals surface area contributed by atoms with Gasteiger partial charge in [0.25, 0.3) is 17.7 Å². The van der Waals surface area contributed by atoms with Crippen LogP contribution in [0.4, 0.5) is 10.5 Å². The van der Waals surface area contributed by atoms with Crippen molar-refractivity contribution in [2.75, 3.05) is 51.4 Å². The maximum absolute atomic E-state index is 12.9. The minimum absolute atomic E-state index is 0.0543. The van der Waals surface area contributed by atoms with Crippen LogP contribution in [-0.4, -0.2) is 86.9 Å². The fraction of sp³-hybridized carbons (Fsp3) is 0.471. The van der Waals surface area contributed by atoms with E-state index in [1.165, 1.54) is 0 Å². The van der Waals surface area contributed by atoms with Crippen LogP contribution in [0, 0.1) is 0 Å². The van der Waals surface area contributed by atoms with Crippen molar-refractivity contribution in [1.82, 2.24) is 15.7 Å². The summed E-state index contributed by atoms with van der Waals surface area (Å²) in [6, 6.07) is 10.6. The van der Waals surface area contributed by atoms with E-state index in [1.807, 2.05) is 26.0 Å². The van der Waals surface area contributed by atoms with Crippen LogP contribution >= 0.6 is 0 Å². The Morgan fingerprint density at radius 1 is 0.812 bits per heavy atom. The second kappa shape index (κ2) is 17.9. The van der Waals surface area contributed by atoms with Crippen LogP contribution in [0.5, 0.6) is 0 Å². The first kappa shape index (κ1) is 36.0.